The van der Waals surface area contributed by atoms with E-state index in [1.165, 1.54) is 48.0 Å². The molecule has 2 atom stereocenters. The Balaban J connectivity index is 1.91. The van der Waals surface area contributed by atoms with Gasteiger partial charge in [-0.05, 0) is 71.4 Å². The van der Waals surface area contributed by atoms with Gasteiger partial charge >= 0.3 is 0 Å². The van der Waals surface area contributed by atoms with Crippen molar-refractivity contribution in [2.75, 3.05) is 6.54 Å². The molecule has 0 radical (unpaired) electrons. The van der Waals surface area contributed by atoms with Gasteiger partial charge in [0.1, 0.15) is 0 Å². The maximum atomic E-state index is 3.67. The van der Waals surface area contributed by atoms with Gasteiger partial charge in [-0.3, -0.25) is 0 Å². The Morgan fingerprint density at radius 3 is 3.06 bits per heavy atom. The Kier molecular flexibility index (Phi) is 4.67. The second kappa shape index (κ2) is 5.85. The summed E-state index contributed by atoms with van der Waals surface area (Å²) in [4.78, 5) is 1.52. The van der Waals surface area contributed by atoms with Crippen LogP contribution in [0.1, 0.15) is 44.4 Å². The predicted molar refractivity (Wildman–Crippen MR) is 79.8 cm³/mol. The van der Waals surface area contributed by atoms with E-state index >= 15 is 0 Å². The standard InChI is InChI=1S/C14H22BrNS/c1-3-7-16-11-4-6-14(2,9-11)10-13-12(15)5-8-17-13/h5,8,11,16H,3-4,6-7,9-10H2,1-2H3. The van der Waals surface area contributed by atoms with Crippen molar-refractivity contribution in [1.82, 2.24) is 5.32 Å². The lowest BCUT2D eigenvalue weighted by molar-refractivity contribution is 0.324. The van der Waals surface area contributed by atoms with E-state index in [9.17, 15) is 0 Å². The first-order valence-electron chi connectivity index (χ1n) is 6.58. The zero-order valence-electron chi connectivity index (χ0n) is 10.8. The molecule has 2 rings (SSSR count). The minimum absolute atomic E-state index is 0.499. The minimum atomic E-state index is 0.499. The Labute approximate surface area is 117 Å². The van der Waals surface area contributed by atoms with Gasteiger partial charge in [0.2, 0.25) is 0 Å². The Hall–Kier alpha value is 0.140. The van der Waals surface area contributed by atoms with Crippen molar-refractivity contribution in [2.24, 2.45) is 5.41 Å². The van der Waals surface area contributed by atoms with E-state index in [-0.39, 0.29) is 0 Å². The number of rotatable bonds is 5. The molecule has 0 saturated heterocycles. The highest BCUT2D eigenvalue weighted by Gasteiger charge is 2.35. The lowest BCUT2D eigenvalue weighted by Gasteiger charge is -2.24. The van der Waals surface area contributed by atoms with Gasteiger partial charge in [0, 0.05) is 15.4 Å². The largest absolute Gasteiger partial charge is 0.314 e. The molecule has 0 aliphatic heterocycles. The molecule has 17 heavy (non-hydrogen) atoms. The molecule has 0 aromatic carbocycles. The predicted octanol–water partition coefficient (Wildman–Crippen LogP) is 4.61. The summed E-state index contributed by atoms with van der Waals surface area (Å²) in [6.45, 7) is 5.86. The highest BCUT2D eigenvalue weighted by Crippen LogP contribution is 2.42. The van der Waals surface area contributed by atoms with Crippen LogP contribution in [-0.2, 0) is 6.42 Å². The molecule has 2 unspecified atom stereocenters. The third-order valence-corrected chi connectivity index (χ3v) is 5.72. The molecule has 0 spiro atoms. The van der Waals surface area contributed by atoms with Crippen LogP contribution in [0.15, 0.2) is 15.9 Å². The van der Waals surface area contributed by atoms with Crippen molar-refractivity contribution >= 4 is 27.3 Å². The summed E-state index contributed by atoms with van der Waals surface area (Å²) in [6, 6.07) is 2.92. The van der Waals surface area contributed by atoms with Crippen LogP contribution in [0.5, 0.6) is 0 Å². The third-order valence-electron chi connectivity index (χ3n) is 3.80. The molecule has 0 amide bonds. The summed E-state index contributed by atoms with van der Waals surface area (Å²) in [5, 5.41) is 5.86. The summed E-state index contributed by atoms with van der Waals surface area (Å²) < 4.78 is 1.30. The quantitative estimate of drug-likeness (QED) is 0.836. The van der Waals surface area contributed by atoms with Crippen LogP contribution in [0.4, 0.5) is 0 Å². The zero-order valence-corrected chi connectivity index (χ0v) is 13.2. The minimum Gasteiger partial charge on any atom is -0.314 e. The van der Waals surface area contributed by atoms with Crippen molar-refractivity contribution in [3.8, 4) is 0 Å². The lowest BCUT2D eigenvalue weighted by Crippen LogP contribution is -2.28. The fourth-order valence-corrected chi connectivity index (χ4v) is 4.55. The molecule has 1 aliphatic carbocycles. The highest BCUT2D eigenvalue weighted by molar-refractivity contribution is 9.10. The van der Waals surface area contributed by atoms with Gasteiger partial charge in [-0.15, -0.1) is 11.3 Å². The van der Waals surface area contributed by atoms with E-state index in [0.29, 0.717) is 5.41 Å². The molecule has 1 N–H and O–H groups in total. The maximum absolute atomic E-state index is 3.67. The molecule has 3 heteroatoms. The summed E-state index contributed by atoms with van der Waals surface area (Å²) in [6.07, 6.45) is 6.51. The average Bonchev–Trinajstić information content (AvgIpc) is 2.84. The number of hydrogen-bond donors (Lipinski definition) is 1. The molecule has 1 fully saturated rings. The smallest absolute Gasteiger partial charge is 0.0314 e. The first-order chi connectivity index (χ1) is 8.13. The van der Waals surface area contributed by atoms with Crippen LogP contribution in [0, 0.1) is 5.41 Å². The lowest BCUT2D eigenvalue weighted by atomic mass is 9.84. The van der Waals surface area contributed by atoms with Crippen LogP contribution in [0.25, 0.3) is 0 Å². The average molecular weight is 316 g/mol. The highest BCUT2D eigenvalue weighted by atomic mass is 79.9. The number of nitrogens with one attached hydrogen (secondary N) is 1. The molecule has 0 bridgehead atoms. The van der Waals surface area contributed by atoms with Crippen LogP contribution in [0.2, 0.25) is 0 Å². The normalized spacial score (nSPS) is 28.8. The van der Waals surface area contributed by atoms with Crippen molar-refractivity contribution in [3.05, 3.63) is 20.8 Å². The molecule has 1 aromatic heterocycles. The van der Waals surface area contributed by atoms with Gasteiger partial charge < -0.3 is 5.32 Å². The van der Waals surface area contributed by atoms with Crippen molar-refractivity contribution < 1.29 is 0 Å². The van der Waals surface area contributed by atoms with Crippen molar-refractivity contribution in [1.29, 1.82) is 0 Å². The van der Waals surface area contributed by atoms with E-state index in [2.05, 4.69) is 46.5 Å². The molecular formula is C14H22BrNS. The number of hydrogen-bond acceptors (Lipinski definition) is 2. The molecule has 1 aliphatic rings. The topological polar surface area (TPSA) is 12.0 Å². The SMILES string of the molecule is CCCNC1CCC(C)(Cc2sccc2Br)C1. The molecule has 96 valence electrons. The monoisotopic (exact) mass is 315 g/mol. The fourth-order valence-electron chi connectivity index (χ4n) is 2.84. The Morgan fingerprint density at radius 1 is 1.59 bits per heavy atom. The van der Waals surface area contributed by atoms with Gasteiger partial charge in [0.15, 0.2) is 0 Å². The molecule has 1 saturated carbocycles. The Morgan fingerprint density at radius 2 is 2.41 bits per heavy atom. The van der Waals surface area contributed by atoms with Gasteiger partial charge in [0.25, 0.3) is 0 Å². The molecule has 1 heterocycles. The van der Waals surface area contributed by atoms with E-state index in [1.807, 2.05) is 11.3 Å². The molecule has 1 aromatic rings. The molecular weight excluding hydrogens is 294 g/mol. The van der Waals surface area contributed by atoms with Crippen molar-refractivity contribution in [3.63, 3.8) is 0 Å². The molecule has 1 nitrogen and oxygen atoms in total. The van der Waals surface area contributed by atoms with Gasteiger partial charge in [-0.25, -0.2) is 0 Å². The summed E-state index contributed by atoms with van der Waals surface area (Å²) in [7, 11) is 0. The zero-order chi connectivity index (χ0) is 12.3. The van der Waals surface area contributed by atoms with Crippen molar-refractivity contribution in [2.45, 2.75) is 52.0 Å². The van der Waals surface area contributed by atoms with E-state index in [4.69, 9.17) is 0 Å². The summed E-state index contributed by atoms with van der Waals surface area (Å²) in [5.41, 5.74) is 0.499. The van der Waals surface area contributed by atoms with E-state index < -0.39 is 0 Å². The second-order valence-corrected chi connectivity index (χ2v) is 7.43. The van der Waals surface area contributed by atoms with E-state index in [1.54, 1.807) is 0 Å². The third kappa shape index (κ3) is 3.55. The van der Waals surface area contributed by atoms with Gasteiger partial charge in [-0.1, -0.05) is 13.8 Å². The number of halogens is 1. The maximum Gasteiger partial charge on any atom is 0.0314 e. The first-order valence-corrected chi connectivity index (χ1v) is 8.25. The van der Waals surface area contributed by atoms with Crippen LogP contribution in [0.3, 0.4) is 0 Å². The fraction of sp³-hybridized carbons (Fsp3) is 0.714. The summed E-state index contributed by atoms with van der Waals surface area (Å²) in [5.74, 6) is 0. The van der Waals surface area contributed by atoms with Crippen LogP contribution >= 0.6 is 27.3 Å². The van der Waals surface area contributed by atoms with Crippen LogP contribution in [-0.4, -0.2) is 12.6 Å². The second-order valence-electron chi connectivity index (χ2n) is 5.57. The first kappa shape index (κ1) is 13.6. The van der Waals surface area contributed by atoms with Crippen LogP contribution < -0.4 is 5.32 Å². The Bertz CT molecular complexity index is 363. The van der Waals surface area contributed by atoms with Gasteiger partial charge in [0.05, 0.1) is 0 Å². The summed E-state index contributed by atoms with van der Waals surface area (Å²) >= 11 is 5.54. The van der Waals surface area contributed by atoms with Gasteiger partial charge in [-0.2, -0.15) is 0 Å². The van der Waals surface area contributed by atoms with E-state index in [0.717, 1.165) is 6.04 Å². The number of thiophene rings is 1.